The molecule has 1 aromatic carbocycles. The van der Waals surface area contributed by atoms with Gasteiger partial charge in [0, 0.05) is 6.54 Å². The lowest BCUT2D eigenvalue weighted by Gasteiger charge is -2.31. The summed E-state index contributed by atoms with van der Waals surface area (Å²) in [6, 6.07) is 4.04. The zero-order valence-corrected chi connectivity index (χ0v) is 11.5. The number of benzene rings is 1. The number of imide groups is 1. The second kappa shape index (κ2) is 4.74. The summed E-state index contributed by atoms with van der Waals surface area (Å²) in [5.74, 6) is -0.745. The van der Waals surface area contributed by atoms with Crippen molar-refractivity contribution in [2.75, 3.05) is 0 Å². The van der Waals surface area contributed by atoms with Crippen LogP contribution in [0.2, 0.25) is 5.02 Å². The quantitative estimate of drug-likeness (QED) is 0.853. The first kappa shape index (κ1) is 13.4. The monoisotopic (exact) mass is 296 g/mol. The molecule has 2 fully saturated rings. The third-order valence-corrected chi connectivity index (χ3v) is 4.47. The molecule has 1 saturated heterocycles. The summed E-state index contributed by atoms with van der Waals surface area (Å²) in [4.78, 5) is 25.6. The number of rotatable bonds is 2. The van der Waals surface area contributed by atoms with E-state index in [4.69, 9.17) is 11.6 Å². The molecule has 1 aliphatic heterocycles. The molecule has 6 heteroatoms. The van der Waals surface area contributed by atoms with E-state index in [1.54, 1.807) is 6.07 Å². The molecule has 1 N–H and O–H groups in total. The molecule has 3 rings (SSSR count). The number of halogens is 2. The zero-order valence-electron chi connectivity index (χ0n) is 10.8. The Labute approximate surface area is 120 Å². The van der Waals surface area contributed by atoms with Crippen molar-refractivity contribution in [3.63, 3.8) is 0 Å². The first-order valence-corrected chi connectivity index (χ1v) is 6.98. The Hall–Kier alpha value is -1.62. The maximum absolute atomic E-state index is 13.5. The predicted octanol–water partition coefficient (Wildman–Crippen LogP) is 2.84. The molecule has 1 spiro atoms. The number of nitrogens with zero attached hydrogens (tertiary/aromatic N) is 1. The summed E-state index contributed by atoms with van der Waals surface area (Å²) in [5.41, 5.74) is -0.115. The Morgan fingerprint density at radius 2 is 2.00 bits per heavy atom. The molecule has 1 aromatic rings. The molecule has 0 bridgehead atoms. The normalized spacial score (nSPS) is 20.8. The van der Waals surface area contributed by atoms with Crippen LogP contribution in [0.5, 0.6) is 0 Å². The van der Waals surface area contributed by atoms with E-state index in [0.717, 1.165) is 12.8 Å². The third kappa shape index (κ3) is 1.97. The fraction of sp³-hybridized carbons (Fsp3) is 0.429. The molecular formula is C14H14ClFN2O2. The van der Waals surface area contributed by atoms with Crippen LogP contribution in [0.1, 0.15) is 31.2 Å². The number of hydrogen-bond acceptors (Lipinski definition) is 2. The van der Waals surface area contributed by atoms with Gasteiger partial charge in [-0.05, 0) is 30.5 Å². The van der Waals surface area contributed by atoms with Gasteiger partial charge in [0.25, 0.3) is 5.91 Å². The molecule has 0 atom stereocenters. The topological polar surface area (TPSA) is 49.4 Å². The summed E-state index contributed by atoms with van der Waals surface area (Å²) in [7, 11) is 0. The van der Waals surface area contributed by atoms with Gasteiger partial charge in [0.1, 0.15) is 11.4 Å². The Balaban J connectivity index is 1.89. The van der Waals surface area contributed by atoms with Crippen molar-refractivity contribution in [3.05, 3.63) is 34.6 Å². The van der Waals surface area contributed by atoms with E-state index >= 15 is 0 Å². The molecule has 20 heavy (non-hydrogen) atoms. The van der Waals surface area contributed by atoms with Crippen molar-refractivity contribution in [1.82, 2.24) is 10.2 Å². The van der Waals surface area contributed by atoms with E-state index in [2.05, 4.69) is 5.32 Å². The fourth-order valence-corrected chi connectivity index (χ4v) is 3.22. The second-order valence-corrected chi connectivity index (χ2v) is 5.74. The molecule has 1 saturated carbocycles. The van der Waals surface area contributed by atoms with Crippen LogP contribution in [0.25, 0.3) is 0 Å². The number of amides is 3. The van der Waals surface area contributed by atoms with Gasteiger partial charge < -0.3 is 4.90 Å². The average molecular weight is 297 g/mol. The number of carbonyl (C=O) groups excluding carboxylic acids is 2. The first-order chi connectivity index (χ1) is 9.53. The van der Waals surface area contributed by atoms with E-state index in [1.165, 1.54) is 17.0 Å². The highest BCUT2D eigenvalue weighted by molar-refractivity contribution is 6.30. The fourth-order valence-electron chi connectivity index (χ4n) is 3.10. The van der Waals surface area contributed by atoms with E-state index in [0.29, 0.717) is 18.4 Å². The third-order valence-electron chi connectivity index (χ3n) is 4.16. The van der Waals surface area contributed by atoms with Gasteiger partial charge in [0.2, 0.25) is 0 Å². The van der Waals surface area contributed by atoms with E-state index < -0.39 is 17.4 Å². The van der Waals surface area contributed by atoms with Crippen molar-refractivity contribution < 1.29 is 14.0 Å². The van der Waals surface area contributed by atoms with Crippen molar-refractivity contribution in [1.29, 1.82) is 0 Å². The number of carbonyl (C=O) groups is 2. The van der Waals surface area contributed by atoms with Gasteiger partial charge in [-0.2, -0.15) is 0 Å². The van der Waals surface area contributed by atoms with Crippen LogP contribution in [-0.4, -0.2) is 22.4 Å². The Bertz CT molecular complexity index is 585. The number of urea groups is 1. The lowest BCUT2D eigenvalue weighted by Crippen LogP contribution is -2.46. The Morgan fingerprint density at radius 3 is 2.65 bits per heavy atom. The lowest BCUT2D eigenvalue weighted by molar-refractivity contribution is -0.126. The lowest BCUT2D eigenvalue weighted by atomic mass is 9.95. The van der Waals surface area contributed by atoms with Gasteiger partial charge >= 0.3 is 6.03 Å². The number of nitrogens with one attached hydrogen (secondary N) is 1. The molecule has 0 radical (unpaired) electrons. The van der Waals surface area contributed by atoms with Crippen LogP contribution in [0.4, 0.5) is 9.18 Å². The molecular weight excluding hydrogens is 283 g/mol. The highest BCUT2D eigenvalue weighted by Crippen LogP contribution is 2.39. The number of hydrogen-bond donors (Lipinski definition) is 1. The van der Waals surface area contributed by atoms with Gasteiger partial charge in [-0.3, -0.25) is 10.1 Å². The molecule has 0 aromatic heterocycles. The molecule has 2 aliphatic rings. The minimum Gasteiger partial charge on any atom is -0.305 e. The van der Waals surface area contributed by atoms with Crippen LogP contribution in [0.15, 0.2) is 18.2 Å². The van der Waals surface area contributed by atoms with Crippen molar-refractivity contribution >= 4 is 23.5 Å². The van der Waals surface area contributed by atoms with Crippen LogP contribution in [0.3, 0.4) is 0 Å². The van der Waals surface area contributed by atoms with Crippen LogP contribution in [-0.2, 0) is 11.3 Å². The van der Waals surface area contributed by atoms with Gasteiger partial charge in [-0.25, -0.2) is 9.18 Å². The predicted molar refractivity (Wildman–Crippen MR) is 71.7 cm³/mol. The summed E-state index contributed by atoms with van der Waals surface area (Å²) in [5, 5.41) is 2.42. The Kier molecular flexibility index (Phi) is 3.17. The van der Waals surface area contributed by atoms with Crippen LogP contribution < -0.4 is 5.32 Å². The highest BCUT2D eigenvalue weighted by atomic mass is 35.5. The summed E-state index contributed by atoms with van der Waals surface area (Å²) < 4.78 is 13.5. The van der Waals surface area contributed by atoms with E-state index in [9.17, 15) is 14.0 Å². The smallest absolute Gasteiger partial charge is 0.305 e. The van der Waals surface area contributed by atoms with Gasteiger partial charge in [-0.1, -0.05) is 30.5 Å². The summed E-state index contributed by atoms with van der Waals surface area (Å²) >= 11 is 5.65. The van der Waals surface area contributed by atoms with Gasteiger partial charge in [-0.15, -0.1) is 0 Å². The molecule has 3 amide bonds. The Morgan fingerprint density at radius 1 is 1.30 bits per heavy atom. The molecule has 0 unspecified atom stereocenters. The summed E-state index contributed by atoms with van der Waals surface area (Å²) in [6.07, 6.45) is 3.18. The first-order valence-electron chi connectivity index (χ1n) is 6.60. The maximum atomic E-state index is 13.5. The zero-order chi connectivity index (χ0) is 14.3. The van der Waals surface area contributed by atoms with Crippen molar-refractivity contribution in [2.24, 2.45) is 0 Å². The van der Waals surface area contributed by atoms with Gasteiger partial charge in [0.05, 0.1) is 5.02 Å². The standard InChI is InChI=1S/C14H14ClFN2O2/c15-10-4-3-9(7-11(10)16)8-18-13(20)17-12(19)14(18)5-1-2-6-14/h3-4,7H,1-2,5-6,8H2,(H,17,19,20). The molecule has 1 heterocycles. The minimum atomic E-state index is -0.743. The average Bonchev–Trinajstić information content (AvgIpc) is 2.97. The van der Waals surface area contributed by atoms with Crippen LogP contribution >= 0.6 is 11.6 Å². The SMILES string of the molecule is O=C1NC(=O)C2(CCCC2)N1Cc1ccc(Cl)c(F)c1. The highest BCUT2D eigenvalue weighted by Gasteiger charge is 2.53. The van der Waals surface area contributed by atoms with Crippen LogP contribution in [0, 0.1) is 5.82 Å². The summed E-state index contributed by atoms with van der Waals surface area (Å²) in [6.45, 7) is 0.214. The van der Waals surface area contributed by atoms with Crippen molar-refractivity contribution in [3.8, 4) is 0 Å². The molecule has 1 aliphatic carbocycles. The van der Waals surface area contributed by atoms with Gasteiger partial charge in [0.15, 0.2) is 0 Å². The van der Waals surface area contributed by atoms with E-state index in [1.807, 2.05) is 0 Å². The molecule has 106 valence electrons. The second-order valence-electron chi connectivity index (χ2n) is 5.33. The molecule has 4 nitrogen and oxygen atoms in total. The largest absolute Gasteiger partial charge is 0.325 e. The maximum Gasteiger partial charge on any atom is 0.325 e. The minimum absolute atomic E-state index is 0.0475. The van der Waals surface area contributed by atoms with E-state index in [-0.39, 0.29) is 17.5 Å². The van der Waals surface area contributed by atoms with Crippen molar-refractivity contribution in [2.45, 2.75) is 37.8 Å².